The van der Waals surface area contributed by atoms with Gasteiger partial charge in [-0.15, -0.1) is 0 Å². The number of nitrogens with zero attached hydrogens (tertiary/aromatic N) is 5. The number of amides is 4. The van der Waals surface area contributed by atoms with Crippen LogP contribution in [0.25, 0.3) is 0 Å². The van der Waals surface area contributed by atoms with Crippen molar-refractivity contribution in [2.75, 3.05) is 47.3 Å². The average Bonchev–Trinajstić information content (AvgIpc) is 3.42. The Kier molecular flexibility index (Phi) is 12.5. The summed E-state index contributed by atoms with van der Waals surface area (Å²) in [6, 6.07) is 23.9. The van der Waals surface area contributed by atoms with Gasteiger partial charge in [0.15, 0.2) is 0 Å². The molecule has 0 radical (unpaired) electrons. The zero-order valence-corrected chi connectivity index (χ0v) is 30.9. The summed E-state index contributed by atoms with van der Waals surface area (Å²) >= 11 is 0. The van der Waals surface area contributed by atoms with Crippen molar-refractivity contribution >= 4 is 29.6 Å². The molecule has 1 unspecified atom stereocenters. The highest BCUT2D eigenvalue weighted by atomic mass is 16.6. The van der Waals surface area contributed by atoms with Crippen LogP contribution in [0, 0.1) is 10.1 Å². The Morgan fingerprint density at radius 1 is 1.02 bits per heavy atom. The van der Waals surface area contributed by atoms with E-state index in [0.29, 0.717) is 42.3 Å². The normalized spacial score (nSPS) is 17.7. The molecule has 5 rings (SSSR count). The van der Waals surface area contributed by atoms with Gasteiger partial charge in [-0.05, 0) is 64.0 Å². The third kappa shape index (κ3) is 9.57. The second-order valence-electron chi connectivity index (χ2n) is 14.0. The number of non-ortho nitro benzene ring substituents is 1. The number of aliphatic imine (C=N–C) groups is 1. The van der Waals surface area contributed by atoms with E-state index in [1.165, 1.54) is 24.3 Å². The fourth-order valence-electron chi connectivity index (χ4n) is 6.73. The lowest BCUT2D eigenvalue weighted by Crippen LogP contribution is -2.53. The van der Waals surface area contributed by atoms with Gasteiger partial charge in [-0.25, -0.2) is 9.59 Å². The van der Waals surface area contributed by atoms with Gasteiger partial charge in [-0.3, -0.25) is 25.2 Å². The van der Waals surface area contributed by atoms with E-state index < -0.39 is 16.6 Å². The quantitative estimate of drug-likeness (QED) is 0.107. The highest BCUT2D eigenvalue weighted by Gasteiger charge is 2.45. The molecular weight excluding hydrogens is 676 g/mol. The fraction of sp³-hybridized carbons (Fsp3) is 0.385. The third-order valence-electron chi connectivity index (χ3n) is 9.52. The van der Waals surface area contributed by atoms with Crippen LogP contribution in [0.5, 0.6) is 0 Å². The van der Waals surface area contributed by atoms with E-state index >= 15 is 0 Å². The number of hydrogen-bond donors (Lipinski definition) is 3. The fourth-order valence-corrected chi connectivity index (χ4v) is 6.73. The van der Waals surface area contributed by atoms with E-state index in [2.05, 4.69) is 20.9 Å². The van der Waals surface area contributed by atoms with Gasteiger partial charge in [0.2, 0.25) is 0 Å². The molecule has 0 spiro atoms. The van der Waals surface area contributed by atoms with Crippen molar-refractivity contribution in [2.45, 2.75) is 50.9 Å². The molecule has 53 heavy (non-hydrogen) atoms. The summed E-state index contributed by atoms with van der Waals surface area (Å²) in [6.07, 6.45) is 0.796. The molecule has 3 aromatic carbocycles. The molecule has 2 aliphatic heterocycles. The second kappa shape index (κ2) is 17.2. The molecule has 0 aromatic heterocycles. The summed E-state index contributed by atoms with van der Waals surface area (Å²) in [5.74, 6) is 0.258. The summed E-state index contributed by atoms with van der Waals surface area (Å²) in [4.78, 5) is 61.6. The first kappa shape index (κ1) is 38.5. The number of amidine groups is 1. The van der Waals surface area contributed by atoms with E-state index in [-0.39, 0.29) is 42.9 Å². The minimum atomic E-state index is -0.993. The molecule has 3 N–H and O–H groups in total. The smallest absolute Gasteiger partial charge is 0.411 e. The summed E-state index contributed by atoms with van der Waals surface area (Å²) in [5, 5.41) is 20.8. The second-order valence-corrected chi connectivity index (χ2v) is 14.0. The van der Waals surface area contributed by atoms with Crippen LogP contribution in [0.3, 0.4) is 0 Å². The molecule has 14 heteroatoms. The van der Waals surface area contributed by atoms with Crippen LogP contribution in [0.2, 0.25) is 0 Å². The first-order valence-corrected chi connectivity index (χ1v) is 17.6. The first-order chi connectivity index (χ1) is 25.4. The minimum absolute atomic E-state index is 0.0663. The molecule has 0 saturated carbocycles. The van der Waals surface area contributed by atoms with Crippen molar-refractivity contribution in [1.29, 1.82) is 0 Å². The van der Waals surface area contributed by atoms with Gasteiger partial charge in [-0.1, -0.05) is 60.7 Å². The Morgan fingerprint density at radius 2 is 1.68 bits per heavy atom. The van der Waals surface area contributed by atoms with Gasteiger partial charge in [0.05, 0.1) is 28.7 Å². The van der Waals surface area contributed by atoms with Gasteiger partial charge in [-0.2, -0.15) is 0 Å². The van der Waals surface area contributed by atoms with Gasteiger partial charge in [0.25, 0.3) is 11.6 Å². The van der Waals surface area contributed by atoms with E-state index in [1.807, 2.05) is 93.5 Å². The number of nitrogens with one attached hydrogen (secondary N) is 3. The number of nitro groups is 1. The number of rotatable bonds is 11. The lowest BCUT2D eigenvalue weighted by molar-refractivity contribution is -0.384. The number of alkyl carbamates (subject to hydrolysis) is 1. The lowest BCUT2D eigenvalue weighted by Gasteiger charge is -2.35. The predicted octanol–water partition coefficient (Wildman–Crippen LogP) is 5.10. The number of benzene rings is 3. The van der Waals surface area contributed by atoms with Crippen molar-refractivity contribution in [1.82, 2.24) is 30.7 Å². The number of likely N-dealkylation sites (N-methyl/N-ethyl adjacent to an activating group) is 1. The van der Waals surface area contributed by atoms with Crippen LogP contribution < -0.4 is 16.0 Å². The number of hydrogen-bond acceptors (Lipinski definition) is 8. The molecule has 280 valence electrons. The average molecular weight is 725 g/mol. The summed E-state index contributed by atoms with van der Waals surface area (Å²) < 4.78 is 5.61. The van der Waals surface area contributed by atoms with Crippen LogP contribution in [0.15, 0.2) is 101 Å². The van der Waals surface area contributed by atoms with E-state index in [4.69, 9.17) is 4.74 Å². The Labute approximate surface area is 310 Å². The summed E-state index contributed by atoms with van der Waals surface area (Å²) in [5.41, 5.74) is 2.17. The molecule has 1 fully saturated rings. The lowest BCUT2D eigenvalue weighted by atomic mass is 9.98. The van der Waals surface area contributed by atoms with Crippen molar-refractivity contribution in [2.24, 2.45) is 4.99 Å². The molecule has 4 amide bonds. The Balaban J connectivity index is 1.38. The largest absolute Gasteiger partial charge is 0.444 e. The van der Waals surface area contributed by atoms with Crippen LogP contribution in [-0.2, 0) is 11.3 Å². The van der Waals surface area contributed by atoms with Crippen molar-refractivity contribution in [3.05, 3.63) is 123 Å². The van der Waals surface area contributed by atoms with E-state index in [9.17, 15) is 24.5 Å². The van der Waals surface area contributed by atoms with E-state index in [1.54, 1.807) is 16.8 Å². The highest BCUT2D eigenvalue weighted by Crippen LogP contribution is 2.34. The number of piperidine rings is 1. The summed E-state index contributed by atoms with van der Waals surface area (Å²) in [6.45, 7) is 5.40. The zero-order valence-electron chi connectivity index (χ0n) is 30.9. The Bertz CT molecular complexity index is 1830. The van der Waals surface area contributed by atoms with Crippen LogP contribution in [0.4, 0.5) is 15.3 Å². The predicted molar refractivity (Wildman–Crippen MR) is 202 cm³/mol. The zero-order chi connectivity index (χ0) is 38.1. The first-order valence-electron chi connectivity index (χ1n) is 17.6. The maximum Gasteiger partial charge on any atom is 0.411 e. The molecular formula is C39H48N8O6. The Morgan fingerprint density at radius 3 is 2.30 bits per heavy atom. The SMILES string of the molecule is C/N=C(/NC1CCCN(C(=O)c2ccc([N+](=O)[O-])cc2)C1)C1=C(NC(=O)OCc2ccccc2)C(C)(C)N(C(=O)N[C@H](CN(C)C)c2ccccc2)C1. The maximum atomic E-state index is 14.2. The van der Waals surface area contributed by atoms with Crippen LogP contribution in [0.1, 0.15) is 54.2 Å². The third-order valence-corrected chi connectivity index (χ3v) is 9.52. The number of likely N-dealkylation sites (tertiary alicyclic amines) is 1. The van der Waals surface area contributed by atoms with Crippen LogP contribution in [-0.4, -0.2) is 102 Å². The molecule has 0 aliphatic carbocycles. The van der Waals surface area contributed by atoms with Gasteiger partial charge in [0, 0.05) is 56.0 Å². The summed E-state index contributed by atoms with van der Waals surface area (Å²) in [7, 11) is 5.54. The van der Waals surface area contributed by atoms with Gasteiger partial charge in [0.1, 0.15) is 12.4 Å². The van der Waals surface area contributed by atoms with Crippen LogP contribution >= 0.6 is 0 Å². The maximum absolute atomic E-state index is 14.2. The van der Waals surface area contributed by atoms with Crippen molar-refractivity contribution in [3.63, 3.8) is 0 Å². The number of urea groups is 1. The standard InChI is InChI=1S/C39H48N8O6/c1-39(2)34(43-38(50)53-26-27-13-8-6-9-14-27)32(24-46(39)37(49)42-33(25-44(4)5)28-15-10-7-11-16-28)35(40-3)41-30-17-12-22-45(23-30)36(48)29-18-20-31(21-19-29)47(51)52/h6-11,13-16,18-21,30,33H,12,17,22-26H2,1-5H3,(H,40,41)(H,42,49)(H,43,50)/t30?,33-/m1/s1. The monoisotopic (exact) mass is 724 g/mol. The number of ether oxygens (including phenoxy) is 1. The molecule has 14 nitrogen and oxygen atoms in total. The van der Waals surface area contributed by atoms with Crippen molar-refractivity contribution < 1.29 is 24.0 Å². The molecule has 2 heterocycles. The van der Waals surface area contributed by atoms with E-state index in [0.717, 1.165) is 24.0 Å². The van der Waals surface area contributed by atoms with Crippen molar-refractivity contribution in [3.8, 4) is 0 Å². The molecule has 2 aliphatic rings. The molecule has 1 saturated heterocycles. The molecule has 3 aromatic rings. The topological polar surface area (TPSA) is 162 Å². The van der Waals surface area contributed by atoms with Gasteiger partial charge >= 0.3 is 12.1 Å². The minimum Gasteiger partial charge on any atom is -0.444 e. The number of carbonyl (C=O) groups is 3. The molecule has 2 atom stereocenters. The molecule has 0 bridgehead atoms. The Hall–Kier alpha value is -5.76. The highest BCUT2D eigenvalue weighted by molar-refractivity contribution is 6.02. The number of carbonyl (C=O) groups excluding carboxylic acids is 3. The van der Waals surface area contributed by atoms with Gasteiger partial charge < -0.3 is 30.1 Å². The number of nitro benzene ring substituents is 1.